The highest BCUT2D eigenvalue weighted by Crippen LogP contribution is 2.45. The number of halogens is 2. The van der Waals surface area contributed by atoms with Crippen molar-refractivity contribution in [3.05, 3.63) is 69.8 Å². The fraction of sp³-hybridized carbons (Fsp3) is 0.280. The van der Waals surface area contributed by atoms with E-state index in [0.29, 0.717) is 16.0 Å². The molecule has 2 atom stereocenters. The number of nitrogens with zero attached hydrogens (tertiary/aromatic N) is 1. The van der Waals surface area contributed by atoms with Crippen LogP contribution in [0.2, 0.25) is 10.0 Å². The number of rotatable bonds is 8. The predicted octanol–water partition coefficient (Wildman–Crippen LogP) is 5.69. The molecular weight excluding hydrogens is 449 g/mol. The number of pyridine rings is 1. The Hall–Kier alpha value is -2.44. The van der Waals surface area contributed by atoms with Gasteiger partial charge in [0.2, 0.25) is 0 Å². The van der Waals surface area contributed by atoms with Crippen molar-refractivity contribution in [1.82, 2.24) is 4.98 Å². The molecule has 0 saturated heterocycles. The van der Waals surface area contributed by atoms with E-state index in [2.05, 4.69) is 0 Å². The Balaban J connectivity index is 1.82. The van der Waals surface area contributed by atoms with Crippen molar-refractivity contribution in [3.8, 4) is 11.1 Å². The number of carbonyl (C=O) groups is 1. The summed E-state index contributed by atoms with van der Waals surface area (Å²) >= 11 is 12.4. The number of fused-ring (bicyclic) bond motifs is 1. The molecule has 3 aromatic rings. The Morgan fingerprint density at radius 2 is 1.78 bits per heavy atom. The van der Waals surface area contributed by atoms with E-state index < -0.39 is 24.6 Å². The molecular formula is C25H23Cl2NO4. The van der Waals surface area contributed by atoms with Gasteiger partial charge in [0.15, 0.2) is 0 Å². The van der Waals surface area contributed by atoms with E-state index in [0.717, 1.165) is 46.1 Å². The smallest absolute Gasteiger partial charge is 0.305 e. The summed E-state index contributed by atoms with van der Waals surface area (Å²) in [6.45, 7) is 0. The monoisotopic (exact) mass is 471 g/mol. The minimum atomic E-state index is -1.13. The van der Waals surface area contributed by atoms with Crippen LogP contribution in [0.4, 0.5) is 0 Å². The van der Waals surface area contributed by atoms with E-state index in [1.807, 2.05) is 48.5 Å². The zero-order valence-corrected chi connectivity index (χ0v) is 18.7. The van der Waals surface area contributed by atoms with Crippen molar-refractivity contribution in [2.75, 3.05) is 0 Å². The van der Waals surface area contributed by atoms with E-state index >= 15 is 0 Å². The second-order valence-electron chi connectivity index (χ2n) is 8.14. The topological polar surface area (TPSA) is 90.7 Å². The van der Waals surface area contributed by atoms with Gasteiger partial charge in [-0.3, -0.25) is 9.78 Å². The summed E-state index contributed by atoms with van der Waals surface area (Å²) in [4.78, 5) is 15.7. The van der Waals surface area contributed by atoms with Crippen molar-refractivity contribution >= 4 is 46.2 Å². The first-order valence-corrected chi connectivity index (χ1v) is 11.2. The highest BCUT2D eigenvalue weighted by Gasteiger charge is 2.29. The van der Waals surface area contributed by atoms with Crippen LogP contribution < -0.4 is 0 Å². The Morgan fingerprint density at radius 3 is 2.44 bits per heavy atom. The lowest BCUT2D eigenvalue weighted by Crippen LogP contribution is -2.19. The lowest BCUT2D eigenvalue weighted by atomic mass is 9.92. The Labute approximate surface area is 195 Å². The van der Waals surface area contributed by atoms with Crippen molar-refractivity contribution in [1.29, 1.82) is 0 Å². The standard InChI is InChI=1S/C25H23Cl2NO4/c26-16-5-3-14(4-6-16)24-20(9-8-18(29)12-19(30)13-23(31)32)25(15-1-2-15)28-22-10-7-17(27)11-21(22)24/h3-11,15,18-19,29-30H,1-2,12-13H2,(H,31,32)/b9-8+. The normalized spacial score (nSPS) is 15.9. The van der Waals surface area contributed by atoms with Gasteiger partial charge in [0, 0.05) is 38.9 Å². The molecule has 5 nitrogen and oxygen atoms in total. The zero-order chi connectivity index (χ0) is 22.8. The molecule has 0 radical (unpaired) electrons. The lowest BCUT2D eigenvalue weighted by Gasteiger charge is -2.17. The Kier molecular flexibility index (Phi) is 6.82. The van der Waals surface area contributed by atoms with Crippen LogP contribution in [0.25, 0.3) is 28.1 Å². The third kappa shape index (κ3) is 5.30. The van der Waals surface area contributed by atoms with Crippen LogP contribution in [0.1, 0.15) is 42.9 Å². The number of carboxylic acids is 1. The minimum absolute atomic E-state index is 0.0648. The summed E-state index contributed by atoms with van der Waals surface area (Å²) in [5, 5.41) is 31.2. The SMILES string of the molecule is O=C(O)CC(O)CC(O)/C=C/c1c(C2CC2)nc2ccc(Cl)cc2c1-c1ccc(Cl)cc1. The number of carboxylic acid groups (broad SMARTS) is 1. The van der Waals surface area contributed by atoms with Gasteiger partial charge in [-0.15, -0.1) is 0 Å². The summed E-state index contributed by atoms with van der Waals surface area (Å²) in [5.41, 5.74) is 4.59. The quantitative estimate of drug-likeness (QED) is 0.392. The molecule has 0 amide bonds. The van der Waals surface area contributed by atoms with Gasteiger partial charge >= 0.3 is 5.97 Å². The minimum Gasteiger partial charge on any atom is -0.481 e. The maximum atomic E-state index is 10.8. The van der Waals surface area contributed by atoms with E-state index in [4.69, 9.17) is 33.3 Å². The zero-order valence-electron chi connectivity index (χ0n) is 17.2. The first-order chi connectivity index (χ1) is 15.3. The van der Waals surface area contributed by atoms with Gasteiger partial charge in [0.05, 0.1) is 29.8 Å². The Bertz CT molecular complexity index is 1170. The second kappa shape index (κ2) is 9.59. The van der Waals surface area contributed by atoms with Crippen molar-refractivity contribution in [2.24, 2.45) is 0 Å². The van der Waals surface area contributed by atoms with Crippen molar-refractivity contribution < 1.29 is 20.1 Å². The van der Waals surface area contributed by atoms with Crippen molar-refractivity contribution in [3.63, 3.8) is 0 Å². The molecule has 1 aliphatic carbocycles. The molecule has 1 aliphatic rings. The van der Waals surface area contributed by atoms with Crippen LogP contribution >= 0.6 is 23.2 Å². The fourth-order valence-corrected chi connectivity index (χ4v) is 4.18. The number of aliphatic hydroxyl groups is 2. The van der Waals surface area contributed by atoms with Crippen LogP contribution in [-0.4, -0.2) is 38.5 Å². The van der Waals surface area contributed by atoms with E-state index in [1.165, 1.54) is 0 Å². The molecule has 1 heterocycles. The second-order valence-corrected chi connectivity index (χ2v) is 9.02. The van der Waals surface area contributed by atoms with Gasteiger partial charge in [-0.05, 0) is 48.7 Å². The molecule has 2 aromatic carbocycles. The van der Waals surface area contributed by atoms with Crippen LogP contribution in [0, 0.1) is 0 Å². The van der Waals surface area contributed by atoms with Crippen LogP contribution in [0.15, 0.2) is 48.5 Å². The van der Waals surface area contributed by atoms with E-state index in [9.17, 15) is 15.0 Å². The Morgan fingerprint density at radius 1 is 1.09 bits per heavy atom. The van der Waals surface area contributed by atoms with Gasteiger partial charge in [0.25, 0.3) is 0 Å². The number of aromatic nitrogens is 1. The number of aliphatic carboxylic acids is 1. The molecule has 166 valence electrons. The molecule has 0 spiro atoms. The first kappa shape index (κ1) is 22.7. The van der Waals surface area contributed by atoms with Gasteiger partial charge in [-0.25, -0.2) is 0 Å². The third-order valence-electron chi connectivity index (χ3n) is 5.52. The third-order valence-corrected chi connectivity index (χ3v) is 6.01. The van der Waals surface area contributed by atoms with E-state index in [-0.39, 0.29) is 6.42 Å². The van der Waals surface area contributed by atoms with E-state index in [1.54, 1.807) is 6.08 Å². The van der Waals surface area contributed by atoms with Gasteiger partial charge in [-0.2, -0.15) is 0 Å². The molecule has 0 aliphatic heterocycles. The largest absolute Gasteiger partial charge is 0.481 e. The maximum absolute atomic E-state index is 10.8. The average Bonchev–Trinajstić information content (AvgIpc) is 3.56. The molecule has 0 bridgehead atoms. The highest BCUT2D eigenvalue weighted by atomic mass is 35.5. The van der Waals surface area contributed by atoms with Crippen LogP contribution in [-0.2, 0) is 4.79 Å². The number of aliphatic hydroxyl groups excluding tert-OH is 2. The molecule has 1 fully saturated rings. The summed E-state index contributed by atoms with van der Waals surface area (Å²) in [6.07, 6.45) is 2.91. The first-order valence-electron chi connectivity index (χ1n) is 10.5. The molecule has 32 heavy (non-hydrogen) atoms. The van der Waals surface area contributed by atoms with Gasteiger partial charge in [-0.1, -0.05) is 47.5 Å². The predicted molar refractivity (Wildman–Crippen MR) is 127 cm³/mol. The number of hydrogen-bond acceptors (Lipinski definition) is 4. The molecule has 1 aromatic heterocycles. The number of hydrogen-bond donors (Lipinski definition) is 3. The summed E-state index contributed by atoms with van der Waals surface area (Å²) < 4.78 is 0. The lowest BCUT2D eigenvalue weighted by molar-refractivity contribution is -0.139. The molecule has 4 rings (SSSR count). The fourth-order valence-electron chi connectivity index (χ4n) is 3.88. The van der Waals surface area contributed by atoms with Crippen molar-refractivity contribution in [2.45, 2.75) is 43.8 Å². The van der Waals surface area contributed by atoms with Gasteiger partial charge < -0.3 is 15.3 Å². The summed E-state index contributed by atoms with van der Waals surface area (Å²) in [7, 11) is 0. The number of benzene rings is 2. The average molecular weight is 472 g/mol. The molecule has 1 saturated carbocycles. The molecule has 7 heteroatoms. The maximum Gasteiger partial charge on any atom is 0.305 e. The molecule has 3 N–H and O–H groups in total. The summed E-state index contributed by atoms with van der Waals surface area (Å²) in [5.74, 6) is -0.763. The van der Waals surface area contributed by atoms with Crippen LogP contribution in [0.3, 0.4) is 0 Å². The summed E-state index contributed by atoms with van der Waals surface area (Å²) in [6, 6.07) is 13.2. The van der Waals surface area contributed by atoms with Gasteiger partial charge in [0.1, 0.15) is 0 Å². The highest BCUT2D eigenvalue weighted by molar-refractivity contribution is 6.31. The van der Waals surface area contributed by atoms with Crippen LogP contribution in [0.5, 0.6) is 0 Å². The molecule has 2 unspecified atom stereocenters.